The Morgan fingerprint density at radius 1 is 1.00 bits per heavy atom. The number of carboxylic acid groups (broad SMARTS) is 1. The number of allylic oxidation sites excluding steroid dienone is 1. The molecular formula is C15H21ClN3O8P. The summed E-state index contributed by atoms with van der Waals surface area (Å²) in [7, 11) is -4.49. The number of carboxylic acids is 1. The number of hydrogen-bond acceptors (Lipinski definition) is 8. The molecule has 3 aliphatic heterocycles. The molecule has 28 heavy (non-hydrogen) atoms. The van der Waals surface area contributed by atoms with Crippen molar-refractivity contribution in [2.75, 3.05) is 45.9 Å². The molecule has 0 bridgehead atoms. The summed E-state index contributed by atoms with van der Waals surface area (Å²) in [5.41, 5.74) is 1.89. The first kappa shape index (κ1) is 22.4. The van der Waals surface area contributed by atoms with Gasteiger partial charge in [-0.05, 0) is 0 Å². The standard InChI is InChI=1S/C12H13N3O2.C3H7O6P.ClH/c16-9-7-8(13-1-2-13)12(17)11(15-5-6-15)10(9)14-3-4-14;4-3(5)1-2-9-10(6,7)8;/h7H,1-6H2;1-2H2,(H,4,5)(H2,6,7,8);1H. The average Bonchev–Trinajstić information content (AvgIpc) is 3.42. The van der Waals surface area contributed by atoms with Crippen molar-refractivity contribution >= 4 is 37.8 Å². The summed E-state index contributed by atoms with van der Waals surface area (Å²) < 4.78 is 13.7. The van der Waals surface area contributed by atoms with Gasteiger partial charge in [0.15, 0.2) is 0 Å². The van der Waals surface area contributed by atoms with Crippen LogP contribution in [0.4, 0.5) is 0 Å². The molecule has 0 amide bonds. The van der Waals surface area contributed by atoms with Crippen LogP contribution in [-0.2, 0) is 23.5 Å². The fourth-order valence-electron chi connectivity index (χ4n) is 2.53. The summed E-state index contributed by atoms with van der Waals surface area (Å²) in [5.74, 6) is -1.11. The number of halogens is 1. The normalized spacial score (nSPS) is 20.2. The lowest BCUT2D eigenvalue weighted by molar-refractivity contribution is -0.137. The van der Waals surface area contributed by atoms with Gasteiger partial charge in [0.1, 0.15) is 11.4 Å². The minimum atomic E-state index is -4.49. The van der Waals surface area contributed by atoms with Gasteiger partial charge in [-0.2, -0.15) is 0 Å². The van der Waals surface area contributed by atoms with Gasteiger partial charge in [0.2, 0.25) is 11.6 Å². The van der Waals surface area contributed by atoms with E-state index in [1.165, 1.54) is 6.08 Å². The Bertz CT molecular complexity index is 780. The second-order valence-electron chi connectivity index (χ2n) is 6.35. The molecule has 0 unspecified atom stereocenters. The molecule has 0 radical (unpaired) electrons. The highest BCUT2D eigenvalue weighted by molar-refractivity contribution is 7.46. The van der Waals surface area contributed by atoms with Crippen LogP contribution in [0.2, 0.25) is 0 Å². The third kappa shape index (κ3) is 6.05. The van der Waals surface area contributed by atoms with Crippen LogP contribution in [0.1, 0.15) is 6.42 Å². The van der Waals surface area contributed by atoms with Gasteiger partial charge >= 0.3 is 13.8 Å². The van der Waals surface area contributed by atoms with Crippen molar-refractivity contribution in [1.29, 1.82) is 0 Å². The first-order valence-corrected chi connectivity index (χ1v) is 9.92. The van der Waals surface area contributed by atoms with Crippen LogP contribution < -0.4 is 0 Å². The summed E-state index contributed by atoms with van der Waals surface area (Å²) in [5, 5.41) is 7.98. The van der Waals surface area contributed by atoms with Crippen molar-refractivity contribution in [3.05, 3.63) is 23.2 Å². The fourth-order valence-corrected chi connectivity index (χ4v) is 2.86. The van der Waals surface area contributed by atoms with Gasteiger partial charge in [0.25, 0.3) is 0 Å². The van der Waals surface area contributed by atoms with Crippen LogP contribution in [0.3, 0.4) is 0 Å². The highest BCUT2D eigenvalue weighted by Gasteiger charge is 2.43. The van der Waals surface area contributed by atoms with Gasteiger partial charge in [-0.15, -0.1) is 12.4 Å². The fraction of sp³-hybridized carbons (Fsp3) is 0.533. The van der Waals surface area contributed by atoms with Gasteiger partial charge in [0.05, 0.1) is 18.7 Å². The second-order valence-corrected chi connectivity index (χ2v) is 7.59. The van der Waals surface area contributed by atoms with Crippen LogP contribution in [0.15, 0.2) is 23.2 Å². The van der Waals surface area contributed by atoms with Gasteiger partial charge in [-0.25, -0.2) is 4.57 Å². The molecular weight excluding hydrogens is 417 g/mol. The molecule has 0 aromatic carbocycles. The van der Waals surface area contributed by atoms with E-state index in [1.54, 1.807) is 0 Å². The van der Waals surface area contributed by atoms with E-state index in [0.717, 1.165) is 39.3 Å². The molecule has 13 heteroatoms. The van der Waals surface area contributed by atoms with Crippen molar-refractivity contribution in [2.45, 2.75) is 6.42 Å². The number of rotatable bonds is 7. The summed E-state index contributed by atoms with van der Waals surface area (Å²) >= 11 is 0. The molecule has 0 aromatic rings. The molecule has 3 heterocycles. The van der Waals surface area contributed by atoms with E-state index in [4.69, 9.17) is 14.9 Å². The van der Waals surface area contributed by atoms with Crippen molar-refractivity contribution < 1.29 is 38.4 Å². The van der Waals surface area contributed by atoms with Crippen molar-refractivity contribution in [1.82, 2.24) is 14.7 Å². The molecule has 3 saturated heterocycles. The minimum absolute atomic E-state index is 0. The highest BCUT2D eigenvalue weighted by atomic mass is 35.5. The maximum absolute atomic E-state index is 12.4. The number of carbonyl (C=O) groups excluding carboxylic acids is 2. The molecule has 4 rings (SSSR count). The van der Waals surface area contributed by atoms with E-state index in [0.29, 0.717) is 17.1 Å². The number of aliphatic carboxylic acids is 1. The predicted molar refractivity (Wildman–Crippen MR) is 97.3 cm³/mol. The van der Waals surface area contributed by atoms with E-state index < -0.39 is 26.8 Å². The van der Waals surface area contributed by atoms with Gasteiger partial charge in [-0.3, -0.25) is 18.9 Å². The Kier molecular flexibility index (Phi) is 6.89. The maximum Gasteiger partial charge on any atom is 0.469 e. The first-order chi connectivity index (χ1) is 12.7. The zero-order chi connectivity index (χ0) is 19.8. The summed E-state index contributed by atoms with van der Waals surface area (Å²) in [6.45, 7) is 4.93. The molecule has 0 spiro atoms. The lowest BCUT2D eigenvalue weighted by Crippen LogP contribution is -2.29. The van der Waals surface area contributed by atoms with E-state index in [-0.39, 0.29) is 24.0 Å². The zero-order valence-electron chi connectivity index (χ0n) is 14.8. The predicted octanol–water partition coefficient (Wildman–Crippen LogP) is -0.827. The van der Waals surface area contributed by atoms with Gasteiger partial charge in [-0.1, -0.05) is 0 Å². The SMILES string of the molecule is Cl.O=C(O)CCOP(=O)(O)O.O=C1C=C(N2CC2)C(=O)C(N2CC2)=C1N1CC1. The van der Waals surface area contributed by atoms with Gasteiger partial charge < -0.3 is 29.6 Å². The summed E-state index contributed by atoms with van der Waals surface area (Å²) in [6, 6.07) is 0. The summed E-state index contributed by atoms with van der Waals surface area (Å²) in [6.07, 6.45) is 1.11. The van der Waals surface area contributed by atoms with Crippen molar-refractivity contribution in [2.24, 2.45) is 0 Å². The largest absolute Gasteiger partial charge is 0.481 e. The maximum atomic E-state index is 12.4. The number of nitrogens with zero attached hydrogens (tertiary/aromatic N) is 3. The van der Waals surface area contributed by atoms with Crippen LogP contribution in [0.25, 0.3) is 0 Å². The van der Waals surface area contributed by atoms with Crippen LogP contribution in [-0.4, -0.2) is 93.0 Å². The van der Waals surface area contributed by atoms with E-state index in [1.807, 2.05) is 14.7 Å². The summed E-state index contributed by atoms with van der Waals surface area (Å²) in [4.78, 5) is 56.3. The Balaban J connectivity index is 0.000000224. The molecule has 0 atom stereocenters. The van der Waals surface area contributed by atoms with Crippen LogP contribution in [0, 0.1) is 0 Å². The lowest BCUT2D eigenvalue weighted by atomic mass is 10.0. The topological polar surface area (TPSA) is 147 Å². The monoisotopic (exact) mass is 437 g/mol. The van der Waals surface area contributed by atoms with E-state index >= 15 is 0 Å². The molecule has 0 aromatic heterocycles. The third-order valence-electron chi connectivity index (χ3n) is 4.06. The van der Waals surface area contributed by atoms with Crippen LogP contribution in [0.5, 0.6) is 0 Å². The van der Waals surface area contributed by atoms with E-state index in [2.05, 4.69) is 4.52 Å². The first-order valence-electron chi connectivity index (χ1n) is 8.39. The van der Waals surface area contributed by atoms with E-state index in [9.17, 15) is 18.9 Å². The molecule has 3 fully saturated rings. The number of phosphoric acid groups is 1. The molecule has 4 aliphatic rings. The average molecular weight is 438 g/mol. The Morgan fingerprint density at radius 2 is 1.50 bits per heavy atom. The van der Waals surface area contributed by atoms with Crippen molar-refractivity contribution in [3.63, 3.8) is 0 Å². The lowest BCUT2D eigenvalue weighted by Gasteiger charge is -2.21. The Labute approximate surface area is 166 Å². The highest BCUT2D eigenvalue weighted by Crippen LogP contribution is 2.35. The molecule has 1 aliphatic carbocycles. The molecule has 0 saturated carbocycles. The zero-order valence-corrected chi connectivity index (χ0v) is 16.5. The number of ketones is 2. The third-order valence-corrected chi connectivity index (χ3v) is 4.58. The number of carbonyl (C=O) groups is 3. The number of phosphoric ester groups is 1. The van der Waals surface area contributed by atoms with Crippen LogP contribution >= 0.6 is 20.2 Å². The second kappa shape index (κ2) is 8.62. The number of Topliss-reactive ketones (excluding diaryl/α,β-unsaturated/α-hetero) is 1. The number of hydrogen-bond donors (Lipinski definition) is 3. The smallest absolute Gasteiger partial charge is 0.469 e. The van der Waals surface area contributed by atoms with Gasteiger partial charge in [0, 0.05) is 45.3 Å². The molecule has 156 valence electrons. The van der Waals surface area contributed by atoms with Crippen molar-refractivity contribution in [3.8, 4) is 0 Å². The minimum Gasteiger partial charge on any atom is -0.481 e. The Morgan fingerprint density at radius 3 is 1.93 bits per heavy atom. The quantitative estimate of drug-likeness (QED) is 0.260. The Hall–Kier alpha value is -1.91. The molecule has 3 N–H and O–H groups in total. The molecule has 11 nitrogen and oxygen atoms in total.